The van der Waals surface area contributed by atoms with Crippen LogP contribution in [0.5, 0.6) is 11.5 Å². The molecule has 2 heterocycles. The maximum Gasteiger partial charge on any atom is 0.371 e. The van der Waals surface area contributed by atoms with Crippen molar-refractivity contribution in [2.75, 3.05) is 34.0 Å². The molecule has 0 bridgehead atoms. The molecular formula is C20H27N2O7+. The summed E-state index contributed by atoms with van der Waals surface area (Å²) in [7, 11) is 3.03. The van der Waals surface area contributed by atoms with Crippen molar-refractivity contribution in [2.45, 2.75) is 25.4 Å². The van der Waals surface area contributed by atoms with Crippen LogP contribution in [0.1, 0.15) is 25.5 Å². The van der Waals surface area contributed by atoms with Crippen LogP contribution in [-0.4, -0.2) is 67.3 Å². The first-order valence-electron chi connectivity index (χ1n) is 9.61. The molecule has 0 saturated carbocycles. The number of aliphatic hydroxyl groups excluding tert-OH is 1. The highest BCUT2D eigenvalue weighted by atomic mass is 16.5. The second kappa shape index (κ2) is 8.00. The number of fused-ring (bicyclic) bond motifs is 1. The minimum Gasteiger partial charge on any atom is -0.497 e. The van der Waals surface area contributed by atoms with Gasteiger partial charge in [-0.3, -0.25) is 14.5 Å². The SMILES string of the molecule is CCOC(=O)[C@]1(CO)[NH2+][C@@H](c2ccc(OC)cc2OC)[C@H]2C(=O)N(CC)C(=O)[C@H]21. The number of rotatable bonds is 7. The van der Waals surface area contributed by atoms with Crippen LogP contribution in [-0.2, 0) is 19.1 Å². The van der Waals surface area contributed by atoms with Gasteiger partial charge in [-0.15, -0.1) is 0 Å². The fourth-order valence-corrected chi connectivity index (χ4v) is 4.55. The largest absolute Gasteiger partial charge is 0.497 e. The van der Waals surface area contributed by atoms with Crippen LogP contribution in [0.15, 0.2) is 18.2 Å². The second-order valence-corrected chi connectivity index (χ2v) is 7.14. The van der Waals surface area contributed by atoms with Gasteiger partial charge in [-0.25, -0.2) is 4.79 Å². The van der Waals surface area contributed by atoms with Crippen LogP contribution in [0.2, 0.25) is 0 Å². The highest BCUT2D eigenvalue weighted by Gasteiger charge is 2.72. The lowest BCUT2D eigenvalue weighted by Crippen LogP contribution is -2.99. The van der Waals surface area contributed by atoms with Crippen molar-refractivity contribution < 1.29 is 39.0 Å². The molecular weight excluding hydrogens is 380 g/mol. The number of likely N-dealkylation sites (tertiary alicyclic amines) is 1. The third-order valence-corrected chi connectivity index (χ3v) is 5.89. The number of aliphatic hydroxyl groups is 1. The molecule has 1 aromatic carbocycles. The minimum atomic E-state index is -1.59. The smallest absolute Gasteiger partial charge is 0.371 e. The number of methoxy groups -OCH3 is 2. The Morgan fingerprint density at radius 2 is 1.93 bits per heavy atom. The normalized spacial score (nSPS) is 28.4. The number of nitrogens with two attached hydrogens (primary N) is 1. The second-order valence-electron chi connectivity index (χ2n) is 7.14. The Kier molecular flexibility index (Phi) is 5.81. The number of hydrogen-bond donors (Lipinski definition) is 2. The Bertz CT molecular complexity index is 827. The predicted molar refractivity (Wildman–Crippen MR) is 100 cm³/mol. The van der Waals surface area contributed by atoms with Gasteiger partial charge in [0.1, 0.15) is 36.0 Å². The maximum atomic E-state index is 13.1. The Morgan fingerprint density at radius 1 is 1.21 bits per heavy atom. The lowest BCUT2D eigenvalue weighted by Gasteiger charge is -2.27. The molecule has 29 heavy (non-hydrogen) atoms. The summed E-state index contributed by atoms with van der Waals surface area (Å²) < 4.78 is 15.9. The number of quaternary nitrogens is 1. The molecule has 0 unspecified atom stereocenters. The number of carbonyl (C=O) groups excluding carboxylic acids is 3. The van der Waals surface area contributed by atoms with Crippen LogP contribution in [0.3, 0.4) is 0 Å². The first-order chi connectivity index (χ1) is 13.9. The van der Waals surface area contributed by atoms with E-state index in [-0.39, 0.29) is 19.1 Å². The summed E-state index contributed by atoms with van der Waals surface area (Å²) in [5, 5.41) is 11.8. The van der Waals surface area contributed by atoms with Crippen molar-refractivity contribution in [3.63, 3.8) is 0 Å². The summed E-state index contributed by atoms with van der Waals surface area (Å²) in [5.41, 5.74) is -0.950. The van der Waals surface area contributed by atoms with E-state index in [4.69, 9.17) is 14.2 Å². The van der Waals surface area contributed by atoms with Gasteiger partial charge in [0.25, 0.3) is 0 Å². The van der Waals surface area contributed by atoms with Crippen LogP contribution in [0.4, 0.5) is 0 Å². The number of esters is 1. The molecule has 0 aromatic heterocycles. The van der Waals surface area contributed by atoms with Crippen LogP contribution < -0.4 is 14.8 Å². The van der Waals surface area contributed by atoms with Crippen molar-refractivity contribution in [1.82, 2.24) is 4.90 Å². The Labute approximate surface area is 168 Å². The van der Waals surface area contributed by atoms with E-state index in [1.165, 1.54) is 14.2 Å². The van der Waals surface area contributed by atoms with Gasteiger partial charge in [0, 0.05) is 12.6 Å². The van der Waals surface area contributed by atoms with Crippen LogP contribution >= 0.6 is 0 Å². The van der Waals surface area contributed by atoms with Gasteiger partial charge in [-0.1, -0.05) is 0 Å². The van der Waals surface area contributed by atoms with Gasteiger partial charge >= 0.3 is 5.97 Å². The first kappa shape index (κ1) is 21.1. The fraction of sp³-hybridized carbons (Fsp3) is 0.550. The molecule has 9 heteroatoms. The molecule has 0 spiro atoms. The molecule has 2 aliphatic rings. The van der Waals surface area contributed by atoms with E-state index in [9.17, 15) is 19.5 Å². The standard InChI is InChI=1S/C20H26N2O7/c1-5-22-17(24)14-15(18(22)25)20(10-23,19(26)29-6-2)21-16(14)12-8-7-11(27-3)9-13(12)28-4/h7-9,14-16,21,23H,5-6,10H2,1-4H3/p+1/t14-,15-,16-,20+/m0/s1. The van der Waals surface area contributed by atoms with Crippen molar-refractivity contribution in [2.24, 2.45) is 11.8 Å². The molecule has 9 nitrogen and oxygen atoms in total. The molecule has 2 amide bonds. The summed E-state index contributed by atoms with van der Waals surface area (Å²) in [5.74, 6) is -2.32. The number of imide groups is 1. The third-order valence-electron chi connectivity index (χ3n) is 5.89. The van der Waals surface area contributed by atoms with E-state index in [1.807, 2.05) is 0 Å². The van der Waals surface area contributed by atoms with Gasteiger partial charge in [-0.2, -0.15) is 0 Å². The van der Waals surface area contributed by atoms with E-state index >= 15 is 0 Å². The van der Waals surface area contributed by atoms with Crippen molar-refractivity contribution >= 4 is 17.8 Å². The lowest BCUT2D eigenvalue weighted by atomic mass is 9.79. The molecule has 3 rings (SSSR count). The molecule has 2 fully saturated rings. The Hall–Kier alpha value is -2.65. The molecule has 2 saturated heterocycles. The molecule has 0 aliphatic carbocycles. The average Bonchev–Trinajstić information content (AvgIpc) is 3.21. The quantitative estimate of drug-likeness (QED) is 0.450. The van der Waals surface area contributed by atoms with E-state index in [2.05, 4.69) is 0 Å². The number of hydrogen-bond acceptors (Lipinski definition) is 7. The van der Waals surface area contributed by atoms with E-state index in [0.29, 0.717) is 17.1 Å². The zero-order valence-corrected chi connectivity index (χ0v) is 17.0. The zero-order valence-electron chi connectivity index (χ0n) is 17.0. The lowest BCUT2D eigenvalue weighted by molar-refractivity contribution is -0.735. The van der Waals surface area contributed by atoms with Crippen molar-refractivity contribution in [1.29, 1.82) is 0 Å². The number of ether oxygens (including phenoxy) is 3. The molecule has 1 aromatic rings. The number of carbonyl (C=O) groups is 3. The average molecular weight is 407 g/mol. The highest BCUT2D eigenvalue weighted by molar-refractivity contribution is 6.08. The fourth-order valence-electron chi connectivity index (χ4n) is 4.55. The van der Waals surface area contributed by atoms with Crippen LogP contribution in [0, 0.1) is 11.8 Å². The zero-order chi connectivity index (χ0) is 21.3. The Balaban J connectivity index is 2.16. The third kappa shape index (κ3) is 3.05. The predicted octanol–water partition coefficient (Wildman–Crippen LogP) is -0.763. The summed E-state index contributed by atoms with van der Waals surface area (Å²) in [6, 6.07) is 4.55. The van der Waals surface area contributed by atoms with Crippen molar-refractivity contribution in [3.8, 4) is 11.5 Å². The van der Waals surface area contributed by atoms with Gasteiger partial charge in [0.05, 0.1) is 26.4 Å². The first-order valence-corrected chi connectivity index (χ1v) is 9.61. The van der Waals surface area contributed by atoms with Gasteiger partial charge < -0.3 is 24.6 Å². The van der Waals surface area contributed by atoms with Crippen molar-refractivity contribution in [3.05, 3.63) is 23.8 Å². The Morgan fingerprint density at radius 3 is 2.48 bits per heavy atom. The monoisotopic (exact) mass is 407 g/mol. The maximum absolute atomic E-state index is 13.1. The van der Waals surface area contributed by atoms with E-state index in [1.54, 1.807) is 37.4 Å². The number of nitrogens with zero attached hydrogens (tertiary/aromatic N) is 1. The van der Waals surface area contributed by atoms with Gasteiger partial charge in [0.15, 0.2) is 0 Å². The number of amides is 2. The van der Waals surface area contributed by atoms with E-state index < -0.39 is 41.9 Å². The molecule has 4 atom stereocenters. The van der Waals surface area contributed by atoms with Crippen LogP contribution in [0.25, 0.3) is 0 Å². The molecule has 2 aliphatic heterocycles. The highest BCUT2D eigenvalue weighted by Crippen LogP contribution is 2.46. The topological polar surface area (TPSA) is 119 Å². The van der Waals surface area contributed by atoms with Gasteiger partial charge in [0.2, 0.25) is 17.4 Å². The summed E-state index contributed by atoms with van der Waals surface area (Å²) in [6.45, 7) is 3.02. The van der Waals surface area contributed by atoms with Gasteiger partial charge in [-0.05, 0) is 26.0 Å². The molecule has 3 N–H and O–H groups in total. The summed E-state index contributed by atoms with van der Waals surface area (Å²) >= 11 is 0. The number of benzene rings is 1. The molecule has 0 radical (unpaired) electrons. The molecule has 158 valence electrons. The van der Waals surface area contributed by atoms with E-state index in [0.717, 1.165) is 4.90 Å². The summed E-state index contributed by atoms with van der Waals surface area (Å²) in [6.07, 6.45) is 0. The minimum absolute atomic E-state index is 0.0992. The summed E-state index contributed by atoms with van der Waals surface area (Å²) in [4.78, 5) is 40.2.